The van der Waals surface area contributed by atoms with E-state index < -0.39 is 6.04 Å². The van der Waals surface area contributed by atoms with Crippen molar-refractivity contribution in [1.82, 2.24) is 14.9 Å². The molecule has 22 heavy (non-hydrogen) atoms. The SMILES string of the molecule is CC(C)C[C@H](N)C(=O)NCc1ccc(-n2ccnc2)c(F)c1. The van der Waals surface area contributed by atoms with Crippen LogP contribution in [0.4, 0.5) is 4.39 Å². The average Bonchev–Trinajstić information content (AvgIpc) is 2.98. The van der Waals surface area contributed by atoms with Crippen LogP contribution >= 0.6 is 0 Å². The predicted octanol–water partition coefficient (Wildman–Crippen LogP) is 2.00. The molecule has 1 heterocycles. The standard InChI is InChI=1S/C16H21FN4O/c1-11(2)7-14(18)16(22)20-9-12-3-4-15(13(17)8-12)21-6-5-19-10-21/h3-6,8,10-11,14H,7,9,18H2,1-2H3,(H,20,22)/t14-/m0/s1. The number of nitrogens with zero attached hydrogens (tertiary/aromatic N) is 2. The van der Waals surface area contributed by atoms with E-state index in [1.165, 1.54) is 12.4 Å². The molecule has 3 N–H and O–H groups in total. The number of halogens is 1. The molecule has 1 atom stereocenters. The van der Waals surface area contributed by atoms with E-state index in [2.05, 4.69) is 10.3 Å². The molecule has 0 aliphatic carbocycles. The molecule has 0 aliphatic heterocycles. The third kappa shape index (κ3) is 4.14. The first-order valence-electron chi connectivity index (χ1n) is 7.27. The predicted molar refractivity (Wildman–Crippen MR) is 82.8 cm³/mol. The van der Waals surface area contributed by atoms with Gasteiger partial charge in [-0.15, -0.1) is 0 Å². The Hall–Kier alpha value is -2.21. The van der Waals surface area contributed by atoms with Crippen LogP contribution in [0.2, 0.25) is 0 Å². The summed E-state index contributed by atoms with van der Waals surface area (Å²) in [5.74, 6) is -0.225. The van der Waals surface area contributed by atoms with Crippen molar-refractivity contribution in [2.45, 2.75) is 32.9 Å². The van der Waals surface area contributed by atoms with Gasteiger partial charge in [0.1, 0.15) is 5.82 Å². The molecule has 0 fully saturated rings. The molecule has 0 bridgehead atoms. The summed E-state index contributed by atoms with van der Waals surface area (Å²) in [6.07, 6.45) is 5.42. The van der Waals surface area contributed by atoms with Crippen LogP contribution in [0, 0.1) is 11.7 Å². The van der Waals surface area contributed by atoms with E-state index in [1.54, 1.807) is 29.1 Å². The van der Waals surface area contributed by atoms with Crippen LogP contribution in [0.5, 0.6) is 0 Å². The summed E-state index contributed by atoms with van der Waals surface area (Å²) in [5.41, 5.74) is 6.91. The van der Waals surface area contributed by atoms with Crippen LogP contribution in [0.15, 0.2) is 36.9 Å². The Morgan fingerprint density at radius 2 is 2.23 bits per heavy atom. The number of imidazole rings is 1. The Balaban J connectivity index is 1.97. The second-order valence-electron chi connectivity index (χ2n) is 5.71. The number of rotatable bonds is 6. The molecule has 1 aromatic carbocycles. The summed E-state index contributed by atoms with van der Waals surface area (Å²) in [4.78, 5) is 15.7. The normalized spacial score (nSPS) is 12.4. The van der Waals surface area contributed by atoms with Crippen molar-refractivity contribution >= 4 is 5.91 Å². The highest BCUT2D eigenvalue weighted by Crippen LogP contribution is 2.15. The van der Waals surface area contributed by atoms with Gasteiger partial charge in [0.25, 0.3) is 0 Å². The maximum absolute atomic E-state index is 14.1. The third-order valence-corrected chi connectivity index (χ3v) is 3.32. The molecule has 0 aliphatic rings. The fraction of sp³-hybridized carbons (Fsp3) is 0.375. The van der Waals surface area contributed by atoms with Crippen LogP contribution in [0.1, 0.15) is 25.8 Å². The summed E-state index contributed by atoms with van der Waals surface area (Å²) in [6, 6.07) is 4.30. The number of hydrogen-bond donors (Lipinski definition) is 2. The van der Waals surface area contributed by atoms with Gasteiger partial charge in [-0.3, -0.25) is 4.79 Å². The Kier molecular flexibility index (Phi) is 5.27. The topological polar surface area (TPSA) is 72.9 Å². The summed E-state index contributed by atoms with van der Waals surface area (Å²) in [5, 5.41) is 2.74. The molecule has 5 nitrogen and oxygen atoms in total. The van der Waals surface area contributed by atoms with Gasteiger partial charge in [-0.2, -0.15) is 0 Å². The summed E-state index contributed by atoms with van der Waals surface area (Å²) in [6.45, 7) is 4.28. The molecule has 0 unspecified atom stereocenters. The molecule has 1 aromatic heterocycles. The van der Waals surface area contributed by atoms with Gasteiger partial charge in [0.05, 0.1) is 18.1 Å². The fourth-order valence-corrected chi connectivity index (χ4v) is 2.21. The third-order valence-electron chi connectivity index (χ3n) is 3.32. The number of nitrogens with two attached hydrogens (primary N) is 1. The second kappa shape index (κ2) is 7.17. The second-order valence-corrected chi connectivity index (χ2v) is 5.71. The molecule has 0 saturated heterocycles. The van der Waals surface area contributed by atoms with Crippen molar-refractivity contribution in [3.63, 3.8) is 0 Å². The Bertz CT molecular complexity index is 625. The lowest BCUT2D eigenvalue weighted by Crippen LogP contribution is -2.41. The van der Waals surface area contributed by atoms with Gasteiger partial charge in [-0.25, -0.2) is 9.37 Å². The van der Waals surface area contributed by atoms with Crippen LogP contribution in [0.25, 0.3) is 5.69 Å². The van der Waals surface area contributed by atoms with Gasteiger partial charge < -0.3 is 15.6 Å². The van der Waals surface area contributed by atoms with E-state index in [9.17, 15) is 9.18 Å². The number of carbonyl (C=O) groups excluding carboxylic acids is 1. The van der Waals surface area contributed by atoms with Crippen molar-refractivity contribution in [3.8, 4) is 5.69 Å². The minimum absolute atomic E-state index is 0.215. The lowest BCUT2D eigenvalue weighted by molar-refractivity contribution is -0.122. The summed E-state index contributed by atoms with van der Waals surface area (Å²) >= 11 is 0. The number of amides is 1. The highest BCUT2D eigenvalue weighted by atomic mass is 19.1. The van der Waals surface area contributed by atoms with Crippen molar-refractivity contribution in [2.24, 2.45) is 11.7 Å². The molecule has 118 valence electrons. The van der Waals surface area contributed by atoms with E-state index >= 15 is 0 Å². The first-order valence-corrected chi connectivity index (χ1v) is 7.27. The number of hydrogen-bond acceptors (Lipinski definition) is 3. The van der Waals surface area contributed by atoms with Crippen molar-refractivity contribution < 1.29 is 9.18 Å². The molecule has 2 aromatic rings. The highest BCUT2D eigenvalue weighted by Gasteiger charge is 2.14. The monoisotopic (exact) mass is 304 g/mol. The molecule has 1 amide bonds. The summed E-state index contributed by atoms with van der Waals surface area (Å²) < 4.78 is 15.7. The van der Waals surface area contributed by atoms with E-state index in [-0.39, 0.29) is 18.3 Å². The molecular formula is C16H21FN4O. The largest absolute Gasteiger partial charge is 0.351 e. The fourth-order valence-electron chi connectivity index (χ4n) is 2.21. The van der Waals surface area contributed by atoms with E-state index in [0.29, 0.717) is 23.6 Å². The quantitative estimate of drug-likeness (QED) is 0.857. The average molecular weight is 304 g/mol. The molecule has 0 saturated carbocycles. The first kappa shape index (κ1) is 16.2. The smallest absolute Gasteiger partial charge is 0.237 e. The number of carbonyl (C=O) groups is 1. The van der Waals surface area contributed by atoms with E-state index in [4.69, 9.17) is 5.73 Å². The van der Waals surface area contributed by atoms with Crippen molar-refractivity contribution in [2.75, 3.05) is 0 Å². The maximum Gasteiger partial charge on any atom is 0.237 e. The minimum Gasteiger partial charge on any atom is -0.351 e. The molecule has 6 heteroatoms. The zero-order valence-corrected chi connectivity index (χ0v) is 12.8. The van der Waals surface area contributed by atoms with Crippen LogP contribution in [0.3, 0.4) is 0 Å². The lowest BCUT2D eigenvalue weighted by atomic mass is 10.0. The van der Waals surface area contributed by atoms with Crippen LogP contribution in [-0.2, 0) is 11.3 Å². The summed E-state index contributed by atoms with van der Waals surface area (Å²) in [7, 11) is 0. The zero-order valence-electron chi connectivity index (χ0n) is 12.8. The minimum atomic E-state index is -0.532. The maximum atomic E-state index is 14.1. The van der Waals surface area contributed by atoms with Gasteiger partial charge in [-0.1, -0.05) is 19.9 Å². The van der Waals surface area contributed by atoms with E-state index in [1.807, 2.05) is 13.8 Å². The number of nitrogens with one attached hydrogen (secondary N) is 1. The first-order chi connectivity index (χ1) is 10.5. The van der Waals surface area contributed by atoms with Gasteiger partial charge >= 0.3 is 0 Å². The molecule has 2 rings (SSSR count). The Morgan fingerprint density at radius 3 is 2.82 bits per heavy atom. The van der Waals surface area contributed by atoms with E-state index in [0.717, 1.165) is 0 Å². The van der Waals surface area contributed by atoms with Gasteiger partial charge in [0.2, 0.25) is 5.91 Å². The van der Waals surface area contributed by atoms with Crippen molar-refractivity contribution in [1.29, 1.82) is 0 Å². The number of benzene rings is 1. The van der Waals surface area contributed by atoms with Gasteiger partial charge in [0, 0.05) is 18.9 Å². The van der Waals surface area contributed by atoms with Crippen LogP contribution < -0.4 is 11.1 Å². The molecule has 0 radical (unpaired) electrons. The van der Waals surface area contributed by atoms with Crippen molar-refractivity contribution in [3.05, 3.63) is 48.3 Å². The highest BCUT2D eigenvalue weighted by molar-refractivity contribution is 5.81. The van der Waals surface area contributed by atoms with Crippen LogP contribution in [-0.4, -0.2) is 21.5 Å². The Morgan fingerprint density at radius 1 is 1.45 bits per heavy atom. The zero-order chi connectivity index (χ0) is 16.1. The number of aromatic nitrogens is 2. The Labute approximate surface area is 129 Å². The lowest BCUT2D eigenvalue weighted by Gasteiger charge is -2.14. The van der Waals surface area contributed by atoms with Gasteiger partial charge in [0.15, 0.2) is 0 Å². The molecular weight excluding hydrogens is 283 g/mol. The van der Waals surface area contributed by atoms with Gasteiger partial charge in [-0.05, 0) is 30.0 Å². The molecule has 0 spiro atoms.